The van der Waals surface area contributed by atoms with Gasteiger partial charge in [0.15, 0.2) is 5.69 Å². The van der Waals surface area contributed by atoms with E-state index in [1.807, 2.05) is 4.90 Å². The fraction of sp³-hybridized carbons (Fsp3) is 0.600. The molecule has 2 heterocycles. The van der Waals surface area contributed by atoms with Crippen LogP contribution in [0.3, 0.4) is 0 Å². The Morgan fingerprint density at radius 1 is 1.39 bits per heavy atom. The van der Waals surface area contributed by atoms with E-state index >= 15 is 0 Å². The molecule has 0 spiro atoms. The second-order valence-electron chi connectivity index (χ2n) is 5.77. The number of carbonyl (C=O) groups is 2. The first-order valence-corrected chi connectivity index (χ1v) is 7.51. The number of hydrogen-bond acceptors (Lipinski definition) is 6. The maximum absolute atomic E-state index is 11.8. The summed E-state index contributed by atoms with van der Waals surface area (Å²) in [5.74, 6) is -1.58. The Balaban J connectivity index is 2.19. The topological polar surface area (TPSA) is 113 Å². The molecule has 1 aromatic heterocycles. The van der Waals surface area contributed by atoms with Crippen molar-refractivity contribution in [2.45, 2.75) is 25.7 Å². The summed E-state index contributed by atoms with van der Waals surface area (Å²) in [5, 5.41) is 18.7. The third kappa shape index (κ3) is 3.95. The van der Waals surface area contributed by atoms with Crippen LogP contribution in [-0.4, -0.2) is 58.9 Å². The Labute approximate surface area is 134 Å². The number of methoxy groups -OCH3 is 1. The van der Waals surface area contributed by atoms with Crippen LogP contribution in [0.1, 0.15) is 36.2 Å². The van der Waals surface area contributed by atoms with Gasteiger partial charge in [-0.05, 0) is 25.7 Å². The van der Waals surface area contributed by atoms with Crippen LogP contribution in [0.5, 0.6) is 0 Å². The second-order valence-corrected chi connectivity index (χ2v) is 5.77. The molecule has 0 amide bonds. The van der Waals surface area contributed by atoms with Crippen molar-refractivity contribution in [2.24, 2.45) is 5.41 Å². The lowest BCUT2D eigenvalue weighted by molar-refractivity contribution is -0.150. The number of anilines is 1. The Bertz CT molecular complexity index is 580. The molecule has 0 aliphatic carbocycles. The Morgan fingerprint density at radius 2 is 2.17 bits per heavy atom. The maximum Gasteiger partial charge on any atom is 0.356 e. The molecule has 0 bridgehead atoms. The van der Waals surface area contributed by atoms with Crippen LogP contribution in [-0.2, 0) is 9.53 Å². The standard InChI is InChI=1S/C15H21N3O5/c1-23-7-3-5-15(14(21)22)4-2-6-18(10-15)12-9-16-8-11(17-12)13(19)20/h8-9H,2-7,10H2,1H3,(H,19,20)(H,21,22). The molecule has 1 saturated heterocycles. The van der Waals surface area contributed by atoms with Gasteiger partial charge in [0.05, 0.1) is 17.8 Å². The lowest BCUT2D eigenvalue weighted by atomic mass is 9.76. The van der Waals surface area contributed by atoms with Gasteiger partial charge in [-0.15, -0.1) is 0 Å². The zero-order chi connectivity index (χ0) is 16.9. The van der Waals surface area contributed by atoms with Crippen LogP contribution in [0.25, 0.3) is 0 Å². The van der Waals surface area contributed by atoms with Crippen molar-refractivity contribution in [2.75, 3.05) is 31.7 Å². The number of piperidine rings is 1. The van der Waals surface area contributed by atoms with Crippen molar-refractivity contribution in [3.63, 3.8) is 0 Å². The Hall–Kier alpha value is -2.22. The minimum absolute atomic E-state index is 0.145. The van der Waals surface area contributed by atoms with E-state index in [2.05, 4.69) is 9.97 Å². The van der Waals surface area contributed by atoms with Gasteiger partial charge in [0.25, 0.3) is 0 Å². The molecule has 0 radical (unpaired) electrons. The molecule has 8 heteroatoms. The predicted molar refractivity (Wildman–Crippen MR) is 81.6 cm³/mol. The molecular weight excluding hydrogens is 302 g/mol. The van der Waals surface area contributed by atoms with E-state index in [1.54, 1.807) is 7.11 Å². The minimum Gasteiger partial charge on any atom is -0.481 e. The normalized spacial score (nSPS) is 21.2. The zero-order valence-electron chi connectivity index (χ0n) is 13.1. The number of rotatable bonds is 7. The second kappa shape index (κ2) is 7.36. The SMILES string of the molecule is COCCCC1(C(=O)O)CCCN(c2cncc(C(=O)O)n2)C1. The van der Waals surface area contributed by atoms with Crippen molar-refractivity contribution >= 4 is 17.8 Å². The van der Waals surface area contributed by atoms with Gasteiger partial charge in [-0.3, -0.25) is 9.78 Å². The summed E-state index contributed by atoms with van der Waals surface area (Å²) < 4.78 is 5.02. The van der Waals surface area contributed by atoms with Crippen molar-refractivity contribution in [3.05, 3.63) is 18.1 Å². The lowest BCUT2D eigenvalue weighted by Crippen LogP contribution is -2.48. The van der Waals surface area contributed by atoms with Crippen molar-refractivity contribution in [1.82, 2.24) is 9.97 Å². The first-order valence-electron chi connectivity index (χ1n) is 7.51. The summed E-state index contributed by atoms with van der Waals surface area (Å²) >= 11 is 0. The molecule has 126 valence electrons. The summed E-state index contributed by atoms with van der Waals surface area (Å²) in [6, 6.07) is 0. The van der Waals surface area contributed by atoms with Crippen LogP contribution in [0.2, 0.25) is 0 Å². The van der Waals surface area contributed by atoms with Gasteiger partial charge < -0.3 is 19.8 Å². The van der Waals surface area contributed by atoms with E-state index < -0.39 is 17.4 Å². The number of ether oxygens (including phenoxy) is 1. The van der Waals surface area contributed by atoms with Gasteiger partial charge in [-0.25, -0.2) is 9.78 Å². The summed E-state index contributed by atoms with van der Waals surface area (Å²) in [7, 11) is 1.59. The minimum atomic E-state index is -1.15. The molecular formula is C15H21N3O5. The lowest BCUT2D eigenvalue weighted by Gasteiger charge is -2.40. The predicted octanol–water partition coefficient (Wildman–Crippen LogP) is 1.27. The molecule has 1 fully saturated rings. The van der Waals surface area contributed by atoms with Gasteiger partial charge in [0.1, 0.15) is 5.82 Å². The van der Waals surface area contributed by atoms with E-state index in [-0.39, 0.29) is 5.69 Å². The van der Waals surface area contributed by atoms with Crippen molar-refractivity contribution in [3.8, 4) is 0 Å². The summed E-state index contributed by atoms with van der Waals surface area (Å²) in [5.41, 5.74) is -1.01. The van der Waals surface area contributed by atoms with E-state index in [4.69, 9.17) is 9.84 Å². The molecule has 1 atom stereocenters. The van der Waals surface area contributed by atoms with E-state index in [0.717, 1.165) is 0 Å². The molecule has 2 rings (SSSR count). The van der Waals surface area contributed by atoms with E-state index in [1.165, 1.54) is 12.4 Å². The van der Waals surface area contributed by atoms with Crippen LogP contribution < -0.4 is 4.90 Å². The first kappa shape index (κ1) is 17.1. The average Bonchev–Trinajstić information content (AvgIpc) is 2.55. The quantitative estimate of drug-likeness (QED) is 0.721. The number of hydrogen-bond donors (Lipinski definition) is 2. The highest BCUT2D eigenvalue weighted by atomic mass is 16.5. The van der Waals surface area contributed by atoms with Gasteiger partial charge in [0.2, 0.25) is 0 Å². The van der Waals surface area contributed by atoms with Gasteiger partial charge in [0, 0.05) is 26.8 Å². The molecule has 0 aromatic carbocycles. The maximum atomic E-state index is 11.8. The van der Waals surface area contributed by atoms with E-state index in [0.29, 0.717) is 51.2 Å². The molecule has 1 aromatic rings. The molecule has 0 saturated carbocycles. The van der Waals surface area contributed by atoms with Gasteiger partial charge >= 0.3 is 11.9 Å². The van der Waals surface area contributed by atoms with Crippen LogP contribution in [0, 0.1) is 5.41 Å². The zero-order valence-corrected chi connectivity index (χ0v) is 13.1. The highest BCUT2D eigenvalue weighted by Crippen LogP contribution is 2.36. The Morgan fingerprint density at radius 3 is 2.83 bits per heavy atom. The van der Waals surface area contributed by atoms with Crippen molar-refractivity contribution in [1.29, 1.82) is 0 Å². The molecule has 1 unspecified atom stereocenters. The number of carboxylic acid groups (broad SMARTS) is 2. The Kier molecular flexibility index (Phi) is 5.49. The summed E-state index contributed by atoms with van der Waals surface area (Å²) in [4.78, 5) is 32.6. The van der Waals surface area contributed by atoms with Gasteiger partial charge in [-0.1, -0.05) is 0 Å². The van der Waals surface area contributed by atoms with Crippen LogP contribution in [0.15, 0.2) is 12.4 Å². The molecule has 23 heavy (non-hydrogen) atoms. The van der Waals surface area contributed by atoms with Crippen LogP contribution in [0.4, 0.5) is 5.82 Å². The fourth-order valence-corrected chi connectivity index (χ4v) is 2.98. The smallest absolute Gasteiger partial charge is 0.356 e. The average molecular weight is 323 g/mol. The van der Waals surface area contributed by atoms with Crippen LogP contribution >= 0.6 is 0 Å². The number of nitrogens with zero attached hydrogens (tertiary/aromatic N) is 3. The highest BCUT2D eigenvalue weighted by molar-refractivity contribution is 5.85. The largest absolute Gasteiger partial charge is 0.481 e. The molecule has 8 nitrogen and oxygen atoms in total. The first-order chi connectivity index (χ1) is 11.0. The number of aromatic nitrogens is 2. The number of aliphatic carboxylic acids is 1. The summed E-state index contributed by atoms with van der Waals surface area (Å²) in [6.07, 6.45) is 5.13. The highest BCUT2D eigenvalue weighted by Gasteiger charge is 2.42. The van der Waals surface area contributed by atoms with Crippen molar-refractivity contribution < 1.29 is 24.5 Å². The summed E-state index contributed by atoms with van der Waals surface area (Å²) in [6.45, 7) is 1.45. The third-order valence-corrected chi connectivity index (χ3v) is 4.20. The molecule has 2 N–H and O–H groups in total. The van der Waals surface area contributed by atoms with Gasteiger partial charge in [-0.2, -0.15) is 0 Å². The van der Waals surface area contributed by atoms with E-state index in [9.17, 15) is 14.7 Å². The molecule has 1 aliphatic heterocycles. The monoisotopic (exact) mass is 323 g/mol. The number of carboxylic acids is 2. The number of aromatic carboxylic acids is 1. The fourth-order valence-electron chi connectivity index (χ4n) is 2.98. The third-order valence-electron chi connectivity index (χ3n) is 4.20. The molecule has 1 aliphatic rings.